The fourth-order valence-corrected chi connectivity index (χ4v) is 1.36. The average molecular weight is 216 g/mol. The van der Waals surface area contributed by atoms with E-state index < -0.39 is 0 Å². The van der Waals surface area contributed by atoms with Gasteiger partial charge in [0.1, 0.15) is 5.75 Å². The fraction of sp³-hybridized carbons (Fsp3) is 0.400. The fourth-order valence-electron chi connectivity index (χ4n) is 1.10. The van der Waals surface area contributed by atoms with Gasteiger partial charge in [0.05, 0.1) is 5.02 Å². The highest BCUT2D eigenvalue weighted by Crippen LogP contribution is 2.25. The molecule has 78 valence electrons. The predicted octanol–water partition coefficient (Wildman–Crippen LogP) is 2.04. The molecule has 1 rings (SSSR count). The summed E-state index contributed by atoms with van der Waals surface area (Å²) in [5, 5.41) is 3.66. The molecule has 0 fully saturated rings. The molecule has 3 nitrogen and oxygen atoms in total. The molecule has 1 N–H and O–H groups in total. The van der Waals surface area contributed by atoms with Gasteiger partial charge in [0.15, 0.2) is 6.79 Å². The molecule has 0 saturated carbocycles. The smallest absolute Gasteiger partial charge is 0.188 e. The average Bonchev–Trinajstić information content (AvgIpc) is 2.17. The molecule has 0 aliphatic carbocycles. The zero-order valence-electron chi connectivity index (χ0n) is 8.34. The van der Waals surface area contributed by atoms with Crippen LogP contribution in [0.2, 0.25) is 5.02 Å². The van der Waals surface area contributed by atoms with Crippen molar-refractivity contribution in [2.45, 2.75) is 6.54 Å². The van der Waals surface area contributed by atoms with Crippen molar-refractivity contribution >= 4 is 11.6 Å². The van der Waals surface area contributed by atoms with Crippen LogP contribution >= 0.6 is 11.6 Å². The van der Waals surface area contributed by atoms with Gasteiger partial charge < -0.3 is 14.8 Å². The molecule has 0 amide bonds. The van der Waals surface area contributed by atoms with E-state index in [1.54, 1.807) is 7.11 Å². The van der Waals surface area contributed by atoms with Crippen LogP contribution in [-0.4, -0.2) is 21.0 Å². The Balaban J connectivity index is 2.68. The largest absolute Gasteiger partial charge is 0.466 e. The van der Waals surface area contributed by atoms with Crippen molar-refractivity contribution in [3.05, 3.63) is 28.8 Å². The maximum absolute atomic E-state index is 5.99. The van der Waals surface area contributed by atoms with Gasteiger partial charge in [-0.05, 0) is 24.7 Å². The number of benzene rings is 1. The van der Waals surface area contributed by atoms with E-state index in [1.807, 2.05) is 25.2 Å². The van der Waals surface area contributed by atoms with Crippen molar-refractivity contribution in [3.8, 4) is 5.75 Å². The van der Waals surface area contributed by atoms with Gasteiger partial charge in [0, 0.05) is 13.7 Å². The van der Waals surface area contributed by atoms with Crippen LogP contribution in [-0.2, 0) is 11.3 Å². The minimum Gasteiger partial charge on any atom is -0.466 e. The van der Waals surface area contributed by atoms with Crippen LogP contribution in [0.4, 0.5) is 0 Å². The Morgan fingerprint density at radius 2 is 2.21 bits per heavy atom. The summed E-state index contributed by atoms with van der Waals surface area (Å²) in [5.41, 5.74) is 1.13. The summed E-state index contributed by atoms with van der Waals surface area (Å²) < 4.78 is 10.0. The minimum absolute atomic E-state index is 0.213. The first-order chi connectivity index (χ1) is 6.77. The van der Waals surface area contributed by atoms with E-state index in [4.69, 9.17) is 21.1 Å². The lowest BCUT2D eigenvalue weighted by Crippen LogP contribution is -2.05. The van der Waals surface area contributed by atoms with Crippen molar-refractivity contribution in [1.29, 1.82) is 0 Å². The third kappa shape index (κ3) is 3.18. The Labute approximate surface area is 89.0 Å². The van der Waals surface area contributed by atoms with Crippen LogP contribution in [0, 0.1) is 0 Å². The molecule has 0 aliphatic heterocycles. The molecule has 0 spiro atoms. The Morgan fingerprint density at radius 1 is 1.43 bits per heavy atom. The number of halogens is 1. The highest BCUT2D eigenvalue weighted by molar-refractivity contribution is 6.32. The third-order valence-electron chi connectivity index (χ3n) is 1.71. The van der Waals surface area contributed by atoms with Crippen molar-refractivity contribution in [2.24, 2.45) is 0 Å². The lowest BCUT2D eigenvalue weighted by atomic mass is 10.2. The molecule has 0 aliphatic rings. The molecule has 0 bridgehead atoms. The van der Waals surface area contributed by atoms with Gasteiger partial charge in [0.25, 0.3) is 0 Å². The molecule has 4 heteroatoms. The van der Waals surface area contributed by atoms with Crippen molar-refractivity contribution in [3.63, 3.8) is 0 Å². The molecular weight excluding hydrogens is 202 g/mol. The standard InChI is InChI=1S/C10H14ClNO2/c1-12-6-8-3-4-10(9(11)5-8)14-7-13-2/h3-5,12H,6-7H2,1-2H3. The summed E-state index contributed by atoms with van der Waals surface area (Å²) in [4.78, 5) is 0. The van der Waals surface area contributed by atoms with E-state index in [9.17, 15) is 0 Å². The highest BCUT2D eigenvalue weighted by atomic mass is 35.5. The third-order valence-corrected chi connectivity index (χ3v) is 2.00. The molecule has 0 radical (unpaired) electrons. The van der Waals surface area contributed by atoms with E-state index >= 15 is 0 Å². The first-order valence-electron chi connectivity index (χ1n) is 4.32. The summed E-state index contributed by atoms with van der Waals surface area (Å²) >= 11 is 5.99. The van der Waals surface area contributed by atoms with Crippen molar-refractivity contribution < 1.29 is 9.47 Å². The second-order valence-corrected chi connectivity index (χ2v) is 3.25. The van der Waals surface area contributed by atoms with E-state index in [1.165, 1.54) is 0 Å². The van der Waals surface area contributed by atoms with Crippen LogP contribution in [0.5, 0.6) is 5.75 Å². The first kappa shape index (κ1) is 11.3. The maximum Gasteiger partial charge on any atom is 0.188 e. The second-order valence-electron chi connectivity index (χ2n) is 2.85. The molecule has 0 saturated heterocycles. The van der Waals surface area contributed by atoms with Crippen LogP contribution < -0.4 is 10.1 Å². The zero-order valence-corrected chi connectivity index (χ0v) is 9.10. The van der Waals surface area contributed by atoms with Crippen molar-refractivity contribution in [2.75, 3.05) is 21.0 Å². The summed E-state index contributed by atoms with van der Waals surface area (Å²) in [5.74, 6) is 0.647. The number of ether oxygens (including phenoxy) is 2. The van der Waals surface area contributed by atoms with Crippen LogP contribution in [0.25, 0.3) is 0 Å². The molecule has 0 aromatic heterocycles. The van der Waals surface area contributed by atoms with E-state index in [-0.39, 0.29) is 6.79 Å². The quantitative estimate of drug-likeness (QED) is 0.763. The monoisotopic (exact) mass is 215 g/mol. The van der Waals surface area contributed by atoms with Gasteiger partial charge in [-0.25, -0.2) is 0 Å². The van der Waals surface area contributed by atoms with Crippen LogP contribution in [0.15, 0.2) is 18.2 Å². The van der Waals surface area contributed by atoms with Gasteiger partial charge in [-0.3, -0.25) is 0 Å². The molecule has 0 heterocycles. The lowest BCUT2D eigenvalue weighted by Gasteiger charge is -2.08. The lowest BCUT2D eigenvalue weighted by molar-refractivity contribution is 0.0512. The topological polar surface area (TPSA) is 30.5 Å². The molecule has 1 aromatic rings. The van der Waals surface area contributed by atoms with Crippen molar-refractivity contribution in [1.82, 2.24) is 5.32 Å². The van der Waals surface area contributed by atoms with Gasteiger partial charge in [0.2, 0.25) is 0 Å². The predicted molar refractivity (Wildman–Crippen MR) is 56.7 cm³/mol. The number of methoxy groups -OCH3 is 1. The van der Waals surface area contributed by atoms with E-state index in [0.717, 1.165) is 12.1 Å². The van der Waals surface area contributed by atoms with E-state index in [2.05, 4.69) is 5.32 Å². The summed E-state index contributed by atoms with van der Waals surface area (Å²) in [7, 11) is 3.46. The first-order valence-corrected chi connectivity index (χ1v) is 4.70. The van der Waals surface area contributed by atoms with Gasteiger partial charge >= 0.3 is 0 Å². The second kappa shape index (κ2) is 5.86. The zero-order chi connectivity index (χ0) is 10.4. The molecule has 14 heavy (non-hydrogen) atoms. The number of rotatable bonds is 5. The molecular formula is C10H14ClNO2. The minimum atomic E-state index is 0.213. The summed E-state index contributed by atoms with van der Waals surface area (Å²) in [6, 6.07) is 5.68. The number of nitrogens with one attached hydrogen (secondary N) is 1. The normalized spacial score (nSPS) is 10.2. The Morgan fingerprint density at radius 3 is 2.79 bits per heavy atom. The van der Waals surface area contributed by atoms with Gasteiger partial charge in [-0.1, -0.05) is 17.7 Å². The molecule has 0 unspecified atom stereocenters. The number of hydrogen-bond acceptors (Lipinski definition) is 3. The number of hydrogen-bond donors (Lipinski definition) is 1. The van der Waals surface area contributed by atoms with Crippen LogP contribution in [0.1, 0.15) is 5.56 Å². The Bertz CT molecular complexity index is 291. The Kier molecular flexibility index (Phi) is 4.73. The van der Waals surface area contributed by atoms with E-state index in [0.29, 0.717) is 10.8 Å². The van der Waals surface area contributed by atoms with Crippen LogP contribution in [0.3, 0.4) is 0 Å². The van der Waals surface area contributed by atoms with Gasteiger partial charge in [-0.15, -0.1) is 0 Å². The maximum atomic E-state index is 5.99. The highest BCUT2D eigenvalue weighted by Gasteiger charge is 2.02. The summed E-state index contributed by atoms with van der Waals surface area (Å²) in [6.45, 7) is 1.01. The van der Waals surface area contributed by atoms with Gasteiger partial charge in [-0.2, -0.15) is 0 Å². The SMILES string of the molecule is CNCc1ccc(OCOC)c(Cl)c1. The molecule has 1 aromatic carbocycles. The summed E-state index contributed by atoms with van der Waals surface area (Å²) in [6.07, 6.45) is 0. The molecule has 0 atom stereocenters. The Hall–Kier alpha value is -0.770.